The van der Waals surface area contributed by atoms with Gasteiger partial charge in [0.05, 0.1) is 11.6 Å². The normalized spacial score (nSPS) is 17.6. The van der Waals surface area contributed by atoms with Crippen molar-refractivity contribution in [1.29, 1.82) is 0 Å². The Bertz CT molecular complexity index is 456. The molecule has 0 saturated carbocycles. The molecule has 3 nitrogen and oxygen atoms in total. The molecule has 20 heavy (non-hydrogen) atoms. The molecule has 0 aliphatic carbocycles. The summed E-state index contributed by atoms with van der Waals surface area (Å²) in [6.07, 6.45) is 2.45. The summed E-state index contributed by atoms with van der Waals surface area (Å²) in [6, 6.07) is 7.28. The molecule has 0 N–H and O–H groups in total. The predicted molar refractivity (Wildman–Crippen MR) is 83.5 cm³/mol. The second kappa shape index (κ2) is 7.21. The van der Waals surface area contributed by atoms with E-state index in [1.54, 1.807) is 12.1 Å². The molecule has 2 rings (SSSR count). The van der Waals surface area contributed by atoms with Crippen molar-refractivity contribution in [2.24, 2.45) is 5.92 Å². The van der Waals surface area contributed by atoms with Gasteiger partial charge < -0.3 is 4.90 Å². The zero-order valence-corrected chi connectivity index (χ0v) is 13.1. The van der Waals surface area contributed by atoms with Gasteiger partial charge in [-0.2, -0.15) is 0 Å². The maximum absolute atomic E-state index is 12.2. The van der Waals surface area contributed by atoms with Gasteiger partial charge in [0.15, 0.2) is 5.78 Å². The smallest absolute Gasteiger partial charge is 0.178 e. The van der Waals surface area contributed by atoms with Crippen LogP contribution in [-0.4, -0.2) is 55.9 Å². The first kappa shape index (κ1) is 15.5. The number of benzene rings is 1. The van der Waals surface area contributed by atoms with Crippen molar-refractivity contribution in [2.75, 3.05) is 40.3 Å². The van der Waals surface area contributed by atoms with Crippen LogP contribution in [0.25, 0.3) is 0 Å². The van der Waals surface area contributed by atoms with Crippen molar-refractivity contribution >= 4 is 17.4 Å². The fourth-order valence-corrected chi connectivity index (χ4v) is 3.01. The van der Waals surface area contributed by atoms with Crippen LogP contribution in [0.15, 0.2) is 24.3 Å². The minimum absolute atomic E-state index is 0.103. The van der Waals surface area contributed by atoms with Crippen LogP contribution in [0.5, 0.6) is 0 Å². The zero-order valence-electron chi connectivity index (χ0n) is 12.3. The maximum atomic E-state index is 12.2. The highest BCUT2D eigenvalue weighted by molar-refractivity contribution is 6.34. The summed E-state index contributed by atoms with van der Waals surface area (Å²) >= 11 is 6.07. The van der Waals surface area contributed by atoms with Gasteiger partial charge in [0.2, 0.25) is 0 Å². The van der Waals surface area contributed by atoms with E-state index in [1.165, 1.54) is 12.8 Å². The summed E-state index contributed by atoms with van der Waals surface area (Å²) in [7, 11) is 4.19. The van der Waals surface area contributed by atoms with E-state index in [0.717, 1.165) is 19.6 Å². The summed E-state index contributed by atoms with van der Waals surface area (Å²) in [4.78, 5) is 16.7. The Morgan fingerprint density at radius 2 is 2.00 bits per heavy atom. The van der Waals surface area contributed by atoms with Crippen LogP contribution in [0.1, 0.15) is 23.2 Å². The zero-order chi connectivity index (χ0) is 14.5. The molecule has 0 spiro atoms. The van der Waals surface area contributed by atoms with Crippen LogP contribution >= 0.6 is 11.6 Å². The average Bonchev–Trinajstić information content (AvgIpc) is 2.41. The molecule has 1 saturated heterocycles. The van der Waals surface area contributed by atoms with Gasteiger partial charge in [-0.25, -0.2) is 0 Å². The first-order valence-electron chi connectivity index (χ1n) is 7.21. The lowest BCUT2D eigenvalue weighted by Crippen LogP contribution is -2.37. The van der Waals surface area contributed by atoms with Gasteiger partial charge >= 0.3 is 0 Å². The second-order valence-corrected chi connectivity index (χ2v) is 6.25. The lowest BCUT2D eigenvalue weighted by molar-refractivity contribution is 0.0925. The van der Waals surface area contributed by atoms with E-state index in [-0.39, 0.29) is 5.78 Å². The van der Waals surface area contributed by atoms with E-state index in [0.29, 0.717) is 23.0 Å². The van der Waals surface area contributed by atoms with E-state index in [9.17, 15) is 4.79 Å². The van der Waals surface area contributed by atoms with Crippen molar-refractivity contribution < 1.29 is 4.79 Å². The number of rotatable bonds is 5. The van der Waals surface area contributed by atoms with Gasteiger partial charge in [0.1, 0.15) is 0 Å². The van der Waals surface area contributed by atoms with Gasteiger partial charge in [0.25, 0.3) is 0 Å². The molecule has 110 valence electrons. The predicted octanol–water partition coefficient (Wildman–Crippen LogP) is 2.80. The number of likely N-dealkylation sites (tertiary alicyclic amines) is 1. The highest BCUT2D eigenvalue weighted by Crippen LogP contribution is 2.18. The van der Waals surface area contributed by atoms with Gasteiger partial charge in [-0.3, -0.25) is 9.69 Å². The van der Waals surface area contributed by atoms with E-state index < -0.39 is 0 Å². The fraction of sp³-hybridized carbons (Fsp3) is 0.562. The molecule has 0 unspecified atom stereocenters. The number of hydrogen-bond donors (Lipinski definition) is 0. The number of piperidine rings is 1. The van der Waals surface area contributed by atoms with Crippen molar-refractivity contribution in [1.82, 2.24) is 9.80 Å². The summed E-state index contributed by atoms with van der Waals surface area (Å²) in [5.41, 5.74) is 0.629. The summed E-state index contributed by atoms with van der Waals surface area (Å²) in [6.45, 7) is 3.76. The highest BCUT2D eigenvalue weighted by atomic mass is 35.5. The monoisotopic (exact) mass is 294 g/mol. The first-order chi connectivity index (χ1) is 9.56. The molecule has 0 bridgehead atoms. The van der Waals surface area contributed by atoms with Crippen LogP contribution in [0.2, 0.25) is 5.02 Å². The quantitative estimate of drug-likeness (QED) is 0.780. The molecule has 1 fully saturated rings. The summed E-state index contributed by atoms with van der Waals surface area (Å²) in [5.74, 6) is 0.807. The third kappa shape index (κ3) is 4.30. The number of Topliss-reactive ketones (excluding diaryl/α,β-unsaturated/α-hetero) is 1. The minimum atomic E-state index is 0.103. The SMILES string of the molecule is CN1CCC(CN(C)CC(=O)c2ccccc2Cl)CC1. The molecule has 1 aromatic rings. The van der Waals surface area contributed by atoms with Crippen molar-refractivity contribution in [3.8, 4) is 0 Å². The number of ketones is 1. The lowest BCUT2D eigenvalue weighted by Gasteiger charge is -2.31. The molecule has 0 amide bonds. The van der Waals surface area contributed by atoms with Crippen molar-refractivity contribution in [3.05, 3.63) is 34.9 Å². The topological polar surface area (TPSA) is 23.6 Å². The van der Waals surface area contributed by atoms with Crippen LogP contribution in [0, 0.1) is 5.92 Å². The number of carbonyl (C=O) groups is 1. The second-order valence-electron chi connectivity index (χ2n) is 5.85. The summed E-state index contributed by atoms with van der Waals surface area (Å²) in [5, 5.41) is 0.546. The Balaban J connectivity index is 1.84. The van der Waals surface area contributed by atoms with Crippen molar-refractivity contribution in [2.45, 2.75) is 12.8 Å². The molecule has 0 radical (unpaired) electrons. The Morgan fingerprint density at radius 1 is 1.35 bits per heavy atom. The van der Waals surface area contributed by atoms with Gasteiger partial charge in [-0.05, 0) is 58.1 Å². The first-order valence-corrected chi connectivity index (χ1v) is 7.59. The van der Waals surface area contributed by atoms with Crippen molar-refractivity contribution in [3.63, 3.8) is 0 Å². The van der Waals surface area contributed by atoms with Crippen LogP contribution in [-0.2, 0) is 0 Å². The Kier molecular flexibility index (Phi) is 5.58. The molecule has 1 aromatic carbocycles. The number of hydrogen-bond acceptors (Lipinski definition) is 3. The summed E-state index contributed by atoms with van der Waals surface area (Å²) < 4.78 is 0. The number of nitrogens with zero attached hydrogens (tertiary/aromatic N) is 2. The fourth-order valence-electron chi connectivity index (χ4n) is 2.77. The highest BCUT2D eigenvalue weighted by Gasteiger charge is 2.19. The van der Waals surface area contributed by atoms with Crippen LogP contribution in [0.3, 0.4) is 0 Å². The number of carbonyl (C=O) groups excluding carboxylic acids is 1. The molecule has 1 heterocycles. The average molecular weight is 295 g/mol. The van der Waals surface area contributed by atoms with E-state index in [1.807, 2.05) is 19.2 Å². The maximum Gasteiger partial charge on any atom is 0.178 e. The standard InChI is InChI=1S/C16H23ClN2O/c1-18-9-7-13(8-10-18)11-19(2)12-16(20)14-5-3-4-6-15(14)17/h3-6,13H,7-12H2,1-2H3. The third-order valence-electron chi connectivity index (χ3n) is 4.00. The molecular weight excluding hydrogens is 272 g/mol. The van der Waals surface area contributed by atoms with E-state index >= 15 is 0 Å². The Labute approximate surface area is 126 Å². The van der Waals surface area contributed by atoms with E-state index in [4.69, 9.17) is 11.6 Å². The molecular formula is C16H23ClN2O. The van der Waals surface area contributed by atoms with Gasteiger partial charge in [-0.15, -0.1) is 0 Å². The molecule has 0 atom stereocenters. The number of halogens is 1. The van der Waals surface area contributed by atoms with Crippen LogP contribution < -0.4 is 0 Å². The third-order valence-corrected chi connectivity index (χ3v) is 4.33. The molecule has 1 aliphatic rings. The van der Waals surface area contributed by atoms with Crippen LogP contribution in [0.4, 0.5) is 0 Å². The molecule has 1 aliphatic heterocycles. The largest absolute Gasteiger partial charge is 0.306 e. The Morgan fingerprint density at radius 3 is 2.65 bits per heavy atom. The molecule has 0 aromatic heterocycles. The lowest BCUT2D eigenvalue weighted by atomic mass is 9.96. The number of likely N-dealkylation sites (N-methyl/N-ethyl adjacent to an activating group) is 1. The van der Waals surface area contributed by atoms with Gasteiger partial charge in [0, 0.05) is 12.1 Å². The molecule has 4 heteroatoms. The minimum Gasteiger partial charge on any atom is -0.306 e. The van der Waals surface area contributed by atoms with Gasteiger partial charge in [-0.1, -0.05) is 23.7 Å². The van der Waals surface area contributed by atoms with E-state index in [2.05, 4.69) is 16.8 Å². The Hall–Kier alpha value is -0.900.